The number of ether oxygens (including phenoxy) is 1. The van der Waals surface area contributed by atoms with Gasteiger partial charge in [-0.05, 0) is 30.5 Å². The summed E-state index contributed by atoms with van der Waals surface area (Å²) in [5.41, 5.74) is 1.20. The van der Waals surface area contributed by atoms with Crippen LogP contribution in [0.2, 0.25) is 0 Å². The molecule has 27 heavy (non-hydrogen) atoms. The van der Waals surface area contributed by atoms with Crippen LogP contribution in [0.3, 0.4) is 0 Å². The van der Waals surface area contributed by atoms with Gasteiger partial charge in [-0.2, -0.15) is 5.26 Å². The molecule has 0 spiro atoms. The lowest BCUT2D eigenvalue weighted by molar-refractivity contribution is -0.0873. The number of rotatable bonds is 4. The first-order valence-corrected chi connectivity index (χ1v) is 9.27. The third-order valence-electron chi connectivity index (χ3n) is 5.64. The molecule has 2 bridgehead atoms. The molecule has 2 heterocycles. The first kappa shape index (κ1) is 17.8. The number of benzene rings is 2. The van der Waals surface area contributed by atoms with E-state index in [1.54, 1.807) is 6.07 Å². The molecule has 2 aromatic rings. The summed E-state index contributed by atoms with van der Waals surface area (Å²) in [5.74, 6) is -1.13. The fourth-order valence-corrected chi connectivity index (χ4v) is 4.28. The molecule has 2 aliphatic rings. The van der Waals surface area contributed by atoms with Gasteiger partial charge in [-0.25, -0.2) is 4.39 Å². The van der Waals surface area contributed by atoms with Crippen molar-refractivity contribution in [2.75, 3.05) is 13.2 Å². The lowest BCUT2D eigenvalue weighted by atomic mass is 9.80. The smallest absolute Gasteiger partial charge is 0.169 e. The van der Waals surface area contributed by atoms with Crippen LogP contribution in [0.1, 0.15) is 34.3 Å². The SMILES string of the molecule is N#Cc1cccc(C(=O)C2CC3COCC(C2)N3Cc2ccccc2)c1F. The van der Waals surface area contributed by atoms with Gasteiger partial charge in [0.2, 0.25) is 0 Å². The van der Waals surface area contributed by atoms with E-state index in [4.69, 9.17) is 10.00 Å². The van der Waals surface area contributed by atoms with E-state index in [0.29, 0.717) is 26.1 Å². The molecule has 0 saturated carbocycles. The van der Waals surface area contributed by atoms with Gasteiger partial charge < -0.3 is 4.74 Å². The molecule has 2 aromatic carbocycles. The van der Waals surface area contributed by atoms with Crippen LogP contribution < -0.4 is 0 Å². The van der Waals surface area contributed by atoms with Crippen LogP contribution in [-0.2, 0) is 11.3 Å². The zero-order valence-corrected chi connectivity index (χ0v) is 15.0. The van der Waals surface area contributed by atoms with E-state index in [-0.39, 0.29) is 34.9 Å². The summed E-state index contributed by atoms with van der Waals surface area (Å²) in [6.07, 6.45) is 1.30. The molecule has 138 valence electrons. The molecule has 5 heteroatoms. The molecule has 2 saturated heterocycles. The molecule has 0 amide bonds. The van der Waals surface area contributed by atoms with Gasteiger partial charge >= 0.3 is 0 Å². The lowest BCUT2D eigenvalue weighted by Gasteiger charge is -2.48. The first-order valence-electron chi connectivity index (χ1n) is 9.27. The van der Waals surface area contributed by atoms with E-state index in [9.17, 15) is 9.18 Å². The van der Waals surface area contributed by atoms with E-state index in [1.165, 1.54) is 17.7 Å². The number of piperidine rings is 1. The molecular weight excluding hydrogens is 343 g/mol. The second-order valence-electron chi connectivity index (χ2n) is 7.31. The van der Waals surface area contributed by atoms with Crippen molar-refractivity contribution in [3.63, 3.8) is 0 Å². The van der Waals surface area contributed by atoms with Gasteiger partial charge in [0.1, 0.15) is 6.07 Å². The third-order valence-corrected chi connectivity index (χ3v) is 5.64. The van der Waals surface area contributed by atoms with Gasteiger partial charge in [0, 0.05) is 24.5 Å². The predicted molar refractivity (Wildman–Crippen MR) is 98.5 cm³/mol. The molecule has 2 atom stereocenters. The number of fused-ring (bicyclic) bond motifs is 2. The summed E-state index contributed by atoms with van der Waals surface area (Å²) < 4.78 is 20.2. The van der Waals surface area contributed by atoms with Crippen molar-refractivity contribution in [1.82, 2.24) is 4.90 Å². The Hall–Kier alpha value is -2.55. The first-order chi connectivity index (χ1) is 13.2. The molecule has 2 fully saturated rings. The van der Waals surface area contributed by atoms with E-state index in [1.807, 2.05) is 24.3 Å². The van der Waals surface area contributed by atoms with Gasteiger partial charge in [0.25, 0.3) is 0 Å². The second kappa shape index (κ2) is 7.59. The zero-order chi connectivity index (χ0) is 18.8. The van der Waals surface area contributed by atoms with Crippen molar-refractivity contribution in [2.45, 2.75) is 31.5 Å². The van der Waals surface area contributed by atoms with Crippen molar-refractivity contribution >= 4 is 5.78 Å². The Balaban J connectivity index is 1.53. The van der Waals surface area contributed by atoms with Gasteiger partial charge in [0.05, 0.1) is 24.3 Å². The number of hydrogen-bond donors (Lipinski definition) is 0. The molecule has 0 radical (unpaired) electrons. The zero-order valence-electron chi connectivity index (χ0n) is 15.0. The van der Waals surface area contributed by atoms with E-state index < -0.39 is 5.82 Å². The van der Waals surface area contributed by atoms with Crippen LogP contribution in [-0.4, -0.2) is 36.0 Å². The average Bonchev–Trinajstić information content (AvgIpc) is 2.68. The van der Waals surface area contributed by atoms with Gasteiger partial charge in [-0.15, -0.1) is 0 Å². The minimum absolute atomic E-state index is 0.0366. The molecule has 2 unspecified atom stereocenters. The number of morpholine rings is 1. The van der Waals surface area contributed by atoms with Crippen LogP contribution in [0.15, 0.2) is 48.5 Å². The summed E-state index contributed by atoms with van der Waals surface area (Å²) in [6, 6.07) is 16.8. The minimum Gasteiger partial charge on any atom is -0.378 e. The quantitative estimate of drug-likeness (QED) is 0.779. The van der Waals surface area contributed by atoms with Crippen LogP contribution >= 0.6 is 0 Å². The lowest BCUT2D eigenvalue weighted by Crippen LogP contribution is -2.57. The molecule has 0 aromatic heterocycles. The van der Waals surface area contributed by atoms with Crippen LogP contribution in [0.5, 0.6) is 0 Å². The number of carbonyl (C=O) groups excluding carboxylic acids is 1. The summed E-state index contributed by atoms with van der Waals surface area (Å²) in [5, 5.41) is 9.02. The number of carbonyl (C=O) groups is 1. The minimum atomic E-state index is -0.696. The number of ketones is 1. The average molecular weight is 364 g/mol. The fourth-order valence-electron chi connectivity index (χ4n) is 4.28. The molecule has 4 nitrogen and oxygen atoms in total. The van der Waals surface area contributed by atoms with E-state index in [2.05, 4.69) is 17.0 Å². The number of nitrogens with zero attached hydrogens (tertiary/aromatic N) is 2. The van der Waals surface area contributed by atoms with Gasteiger partial charge in [0.15, 0.2) is 11.6 Å². The van der Waals surface area contributed by atoms with Crippen LogP contribution in [0.4, 0.5) is 4.39 Å². The van der Waals surface area contributed by atoms with Crippen molar-refractivity contribution in [1.29, 1.82) is 5.26 Å². The molecular formula is C22H21FN2O2. The number of hydrogen-bond acceptors (Lipinski definition) is 4. The maximum atomic E-state index is 14.5. The maximum Gasteiger partial charge on any atom is 0.169 e. The van der Waals surface area contributed by atoms with Crippen LogP contribution in [0.25, 0.3) is 0 Å². The molecule has 2 aliphatic heterocycles. The summed E-state index contributed by atoms with van der Waals surface area (Å²) in [7, 11) is 0. The Morgan fingerprint density at radius 3 is 2.48 bits per heavy atom. The Morgan fingerprint density at radius 1 is 1.11 bits per heavy atom. The standard InChI is InChI=1S/C22H21FN2O2/c23-21-16(11-24)7-4-8-20(21)22(26)17-9-18-13-27-14-19(10-17)25(18)12-15-5-2-1-3-6-15/h1-8,17-19H,9-10,12-14H2. The summed E-state index contributed by atoms with van der Waals surface area (Å²) in [4.78, 5) is 15.4. The highest BCUT2D eigenvalue weighted by atomic mass is 19.1. The van der Waals surface area contributed by atoms with Crippen molar-refractivity contribution in [2.24, 2.45) is 5.92 Å². The third kappa shape index (κ3) is 3.51. The van der Waals surface area contributed by atoms with Gasteiger partial charge in [-0.1, -0.05) is 36.4 Å². The number of nitriles is 1. The highest BCUT2D eigenvalue weighted by Crippen LogP contribution is 2.35. The Bertz CT molecular complexity index is 864. The molecule has 0 N–H and O–H groups in total. The Labute approximate surface area is 158 Å². The van der Waals surface area contributed by atoms with Crippen LogP contribution in [0, 0.1) is 23.1 Å². The highest BCUT2D eigenvalue weighted by molar-refractivity contribution is 5.98. The summed E-state index contributed by atoms with van der Waals surface area (Å²) >= 11 is 0. The molecule has 4 rings (SSSR count). The normalized spacial score (nSPS) is 25.0. The topological polar surface area (TPSA) is 53.3 Å². The van der Waals surface area contributed by atoms with Crippen molar-refractivity contribution in [3.05, 3.63) is 71.0 Å². The van der Waals surface area contributed by atoms with Crippen molar-refractivity contribution < 1.29 is 13.9 Å². The van der Waals surface area contributed by atoms with E-state index >= 15 is 0 Å². The maximum absolute atomic E-state index is 14.5. The van der Waals surface area contributed by atoms with Crippen molar-refractivity contribution in [3.8, 4) is 6.07 Å². The Kier molecular flexibility index (Phi) is 5.02. The number of Topliss-reactive ketones (excluding diaryl/α,β-unsaturated/α-hetero) is 1. The highest BCUT2D eigenvalue weighted by Gasteiger charge is 2.41. The van der Waals surface area contributed by atoms with E-state index in [0.717, 1.165) is 6.54 Å². The largest absolute Gasteiger partial charge is 0.378 e. The Morgan fingerprint density at radius 2 is 1.81 bits per heavy atom. The predicted octanol–water partition coefficient (Wildman–Crippen LogP) is 3.56. The summed E-state index contributed by atoms with van der Waals surface area (Å²) in [6.45, 7) is 2.01. The van der Waals surface area contributed by atoms with Gasteiger partial charge in [-0.3, -0.25) is 9.69 Å². The monoisotopic (exact) mass is 364 g/mol. The molecule has 0 aliphatic carbocycles. The number of halogens is 1. The fraction of sp³-hybridized carbons (Fsp3) is 0.364. The second-order valence-corrected chi connectivity index (χ2v) is 7.31.